The summed E-state index contributed by atoms with van der Waals surface area (Å²) in [7, 11) is 1.56. The van der Waals surface area contributed by atoms with Crippen LogP contribution >= 0.6 is 11.6 Å². The fourth-order valence-corrected chi connectivity index (χ4v) is 2.03. The van der Waals surface area contributed by atoms with Gasteiger partial charge in [-0.2, -0.15) is 5.10 Å². The molecule has 1 heterocycles. The summed E-state index contributed by atoms with van der Waals surface area (Å²) in [6.07, 6.45) is 1.40. The van der Waals surface area contributed by atoms with Crippen LogP contribution < -0.4 is 0 Å². The highest BCUT2D eigenvalue weighted by atomic mass is 35.5. The van der Waals surface area contributed by atoms with Crippen LogP contribution in [-0.4, -0.2) is 29.3 Å². The number of aromatic nitrogens is 2. The summed E-state index contributed by atoms with van der Waals surface area (Å²) in [6, 6.07) is 4.35. The molecule has 0 spiro atoms. The number of benzene rings is 1. The van der Waals surface area contributed by atoms with Crippen molar-refractivity contribution in [3.8, 4) is 0 Å². The zero-order valence-corrected chi connectivity index (χ0v) is 11.9. The Morgan fingerprint density at radius 2 is 2.25 bits per heavy atom. The van der Waals surface area contributed by atoms with Crippen LogP contribution in [0, 0.1) is 12.7 Å². The van der Waals surface area contributed by atoms with Crippen LogP contribution in [0.4, 0.5) is 4.39 Å². The van der Waals surface area contributed by atoms with E-state index in [1.807, 2.05) is 0 Å². The summed E-state index contributed by atoms with van der Waals surface area (Å²) in [4.78, 5) is 12.4. The van der Waals surface area contributed by atoms with Gasteiger partial charge in [-0.1, -0.05) is 23.7 Å². The maximum absolute atomic E-state index is 13.6. The second-order valence-corrected chi connectivity index (χ2v) is 4.76. The van der Waals surface area contributed by atoms with Gasteiger partial charge in [0.1, 0.15) is 11.5 Å². The molecule has 0 bridgehead atoms. The van der Waals surface area contributed by atoms with Gasteiger partial charge in [0, 0.05) is 12.7 Å². The summed E-state index contributed by atoms with van der Waals surface area (Å²) in [6.45, 7) is 2.44. The number of rotatable bonds is 5. The number of carbonyl (C=O) groups is 1. The van der Waals surface area contributed by atoms with Crippen LogP contribution in [-0.2, 0) is 11.3 Å². The van der Waals surface area contributed by atoms with Gasteiger partial charge in [-0.3, -0.25) is 9.48 Å². The lowest BCUT2D eigenvalue weighted by atomic mass is 10.1. The predicted molar refractivity (Wildman–Crippen MR) is 73.7 cm³/mol. The van der Waals surface area contributed by atoms with E-state index < -0.39 is 5.82 Å². The number of hydrogen-bond donors (Lipinski definition) is 0. The van der Waals surface area contributed by atoms with Crippen molar-refractivity contribution in [1.82, 2.24) is 9.78 Å². The first-order valence-electron chi connectivity index (χ1n) is 6.05. The molecule has 6 heteroatoms. The second kappa shape index (κ2) is 6.15. The lowest BCUT2D eigenvalue weighted by Crippen LogP contribution is -2.15. The van der Waals surface area contributed by atoms with Crippen molar-refractivity contribution >= 4 is 17.4 Å². The summed E-state index contributed by atoms with van der Waals surface area (Å²) >= 11 is 6.00. The quantitative estimate of drug-likeness (QED) is 0.797. The molecule has 2 rings (SSSR count). The minimum Gasteiger partial charge on any atom is -0.383 e. The van der Waals surface area contributed by atoms with E-state index in [2.05, 4.69) is 5.10 Å². The standard InChI is InChI=1S/C14H14ClFN2O2/c1-9-3-4-10(7-12(9)16)14(19)13-11(15)8-17-18(13)5-6-20-2/h3-4,7-8H,5-6H2,1-2H3. The van der Waals surface area contributed by atoms with E-state index in [0.717, 1.165) is 0 Å². The van der Waals surface area contributed by atoms with E-state index in [1.165, 1.54) is 16.9 Å². The predicted octanol–water partition coefficient (Wildman–Crippen LogP) is 2.86. The van der Waals surface area contributed by atoms with E-state index >= 15 is 0 Å². The largest absolute Gasteiger partial charge is 0.383 e. The summed E-state index contributed by atoms with van der Waals surface area (Å²) < 4.78 is 20.0. The highest BCUT2D eigenvalue weighted by Gasteiger charge is 2.19. The molecular weight excluding hydrogens is 283 g/mol. The Hall–Kier alpha value is -1.72. The van der Waals surface area contributed by atoms with Crippen molar-refractivity contribution < 1.29 is 13.9 Å². The van der Waals surface area contributed by atoms with Gasteiger partial charge in [0.25, 0.3) is 0 Å². The van der Waals surface area contributed by atoms with Crippen molar-refractivity contribution in [2.45, 2.75) is 13.5 Å². The maximum Gasteiger partial charge on any atom is 0.212 e. The molecule has 20 heavy (non-hydrogen) atoms. The molecule has 0 radical (unpaired) electrons. The number of methoxy groups -OCH3 is 1. The number of hydrogen-bond acceptors (Lipinski definition) is 3. The molecule has 0 aliphatic heterocycles. The number of ether oxygens (including phenoxy) is 1. The van der Waals surface area contributed by atoms with Crippen molar-refractivity contribution in [2.75, 3.05) is 13.7 Å². The fraction of sp³-hybridized carbons (Fsp3) is 0.286. The molecule has 1 aromatic carbocycles. The molecule has 0 amide bonds. The Kier molecular flexibility index (Phi) is 4.52. The van der Waals surface area contributed by atoms with Crippen LogP contribution in [0.2, 0.25) is 5.02 Å². The molecule has 106 valence electrons. The first-order valence-corrected chi connectivity index (χ1v) is 6.43. The minimum absolute atomic E-state index is 0.243. The fourth-order valence-electron chi connectivity index (χ4n) is 1.81. The van der Waals surface area contributed by atoms with Gasteiger partial charge in [0.2, 0.25) is 5.78 Å². The molecule has 0 saturated heterocycles. The number of ketones is 1. The average Bonchev–Trinajstić information content (AvgIpc) is 2.80. The van der Waals surface area contributed by atoms with Gasteiger partial charge >= 0.3 is 0 Å². The normalized spacial score (nSPS) is 10.8. The first-order chi connectivity index (χ1) is 9.54. The SMILES string of the molecule is COCCn1ncc(Cl)c1C(=O)c1ccc(C)c(F)c1. The lowest BCUT2D eigenvalue weighted by molar-refractivity contribution is 0.102. The molecule has 4 nitrogen and oxygen atoms in total. The van der Waals surface area contributed by atoms with Gasteiger partial charge in [-0.15, -0.1) is 0 Å². The Morgan fingerprint density at radius 1 is 1.50 bits per heavy atom. The zero-order valence-electron chi connectivity index (χ0n) is 11.2. The second-order valence-electron chi connectivity index (χ2n) is 4.35. The van der Waals surface area contributed by atoms with Crippen LogP contribution in [0.5, 0.6) is 0 Å². The van der Waals surface area contributed by atoms with Crippen LogP contribution in [0.3, 0.4) is 0 Å². The van der Waals surface area contributed by atoms with Gasteiger partial charge in [0.05, 0.1) is 24.4 Å². The third-order valence-electron chi connectivity index (χ3n) is 2.95. The van der Waals surface area contributed by atoms with E-state index in [9.17, 15) is 9.18 Å². The molecule has 0 atom stereocenters. The number of nitrogens with zero attached hydrogens (tertiary/aromatic N) is 2. The topological polar surface area (TPSA) is 44.1 Å². The van der Waals surface area contributed by atoms with Gasteiger partial charge in [-0.05, 0) is 18.6 Å². The van der Waals surface area contributed by atoms with Gasteiger partial charge in [-0.25, -0.2) is 4.39 Å². The zero-order chi connectivity index (χ0) is 14.7. The summed E-state index contributed by atoms with van der Waals surface area (Å²) in [5.74, 6) is -0.780. The number of halogens is 2. The minimum atomic E-state index is -0.421. The highest BCUT2D eigenvalue weighted by molar-refractivity contribution is 6.34. The first kappa shape index (κ1) is 14.7. The Morgan fingerprint density at radius 3 is 2.90 bits per heavy atom. The molecule has 1 aromatic heterocycles. The lowest BCUT2D eigenvalue weighted by Gasteiger charge is -2.07. The molecular formula is C14H14ClFN2O2. The highest BCUT2D eigenvalue weighted by Crippen LogP contribution is 2.20. The average molecular weight is 297 g/mol. The molecule has 2 aromatic rings. The van der Waals surface area contributed by atoms with E-state index in [0.29, 0.717) is 18.7 Å². The van der Waals surface area contributed by atoms with Crippen molar-refractivity contribution in [2.24, 2.45) is 0 Å². The van der Waals surface area contributed by atoms with Crippen molar-refractivity contribution in [1.29, 1.82) is 0 Å². The van der Waals surface area contributed by atoms with Crippen molar-refractivity contribution in [3.63, 3.8) is 0 Å². The monoisotopic (exact) mass is 296 g/mol. The van der Waals surface area contributed by atoms with E-state index in [-0.39, 0.29) is 22.1 Å². The molecule has 0 N–H and O–H groups in total. The smallest absolute Gasteiger partial charge is 0.212 e. The molecule has 0 saturated carbocycles. The summed E-state index contributed by atoms with van der Waals surface area (Å²) in [5.41, 5.74) is 0.974. The number of aryl methyl sites for hydroxylation is 1. The molecule has 0 aliphatic carbocycles. The Balaban J connectivity index is 2.37. The Labute approximate surface area is 121 Å². The van der Waals surface area contributed by atoms with E-state index in [4.69, 9.17) is 16.3 Å². The Bertz CT molecular complexity index is 640. The maximum atomic E-state index is 13.6. The number of carbonyl (C=O) groups excluding carboxylic acids is 1. The molecule has 0 unspecified atom stereocenters. The van der Waals surface area contributed by atoms with Gasteiger partial charge in [0.15, 0.2) is 0 Å². The van der Waals surface area contributed by atoms with Crippen LogP contribution in [0.25, 0.3) is 0 Å². The molecule has 0 fully saturated rings. The molecule has 0 aliphatic rings. The van der Waals surface area contributed by atoms with E-state index in [1.54, 1.807) is 26.2 Å². The third-order valence-corrected chi connectivity index (χ3v) is 3.23. The summed E-state index contributed by atoms with van der Waals surface area (Å²) in [5, 5.41) is 4.27. The van der Waals surface area contributed by atoms with Gasteiger partial charge < -0.3 is 4.74 Å². The van der Waals surface area contributed by atoms with Crippen molar-refractivity contribution in [3.05, 3.63) is 52.1 Å². The van der Waals surface area contributed by atoms with Crippen LogP contribution in [0.1, 0.15) is 21.6 Å². The third kappa shape index (κ3) is 2.89. The van der Waals surface area contributed by atoms with Crippen LogP contribution in [0.15, 0.2) is 24.4 Å².